The maximum atomic E-state index is 12.7. The van der Waals surface area contributed by atoms with Gasteiger partial charge in [0.05, 0.1) is 10.3 Å². The van der Waals surface area contributed by atoms with Gasteiger partial charge in [-0.1, -0.05) is 44.5 Å². The van der Waals surface area contributed by atoms with Gasteiger partial charge in [-0.25, -0.2) is 13.2 Å². The third kappa shape index (κ3) is 7.71. The van der Waals surface area contributed by atoms with Crippen LogP contribution in [0.2, 0.25) is 0 Å². The Morgan fingerprint density at radius 1 is 1.03 bits per heavy atom. The second kappa shape index (κ2) is 11.8. The van der Waals surface area contributed by atoms with Gasteiger partial charge in [-0.15, -0.1) is 0 Å². The number of alkyl halides is 3. The largest absolute Gasteiger partial charge is 0.490 e. The summed E-state index contributed by atoms with van der Waals surface area (Å²) in [6.07, 6.45) is -0.591. The lowest BCUT2D eigenvalue weighted by Crippen LogP contribution is -2.39. The maximum absolute atomic E-state index is 12.7. The van der Waals surface area contributed by atoms with Crippen molar-refractivity contribution < 1.29 is 36.3 Å². The molecule has 11 heteroatoms. The summed E-state index contributed by atoms with van der Waals surface area (Å²) in [6.45, 7) is 6.14. The van der Waals surface area contributed by atoms with Crippen molar-refractivity contribution in [2.45, 2.75) is 75.4 Å². The number of nitrogens with one attached hydrogen (secondary N) is 2. The Morgan fingerprint density at radius 2 is 1.56 bits per heavy atom. The fraction of sp³-hybridized carbons (Fsp3) is 0.440. The van der Waals surface area contributed by atoms with E-state index in [1.807, 2.05) is 38.1 Å². The Labute approximate surface area is 209 Å². The normalized spacial score (nSPS) is 15.2. The van der Waals surface area contributed by atoms with Crippen molar-refractivity contribution in [2.24, 2.45) is 0 Å². The van der Waals surface area contributed by atoms with Crippen LogP contribution in [0.4, 0.5) is 18.9 Å². The average Bonchev–Trinajstić information content (AvgIpc) is 3.62. The zero-order chi connectivity index (χ0) is 27.1. The first-order valence-electron chi connectivity index (χ1n) is 11.6. The summed E-state index contributed by atoms with van der Waals surface area (Å²) >= 11 is 0. The summed E-state index contributed by atoms with van der Waals surface area (Å²) in [5.74, 6) is -2.69. The highest BCUT2D eigenvalue weighted by molar-refractivity contribution is 7.92. The minimum atomic E-state index is -5.08. The summed E-state index contributed by atoms with van der Waals surface area (Å²) in [6, 6.07) is 14.3. The number of amides is 1. The van der Waals surface area contributed by atoms with Gasteiger partial charge in [-0.05, 0) is 68.0 Å². The standard InChI is InChI=1S/C23H30N2O3S.C2HF3O2/c1-4-6-18-7-13-21(14-8-18)29(27,28)25-20-11-9-19(10-12-20)23(15-16-23)22(26)24-17(3)5-2;3-2(4,5)1(6)7/h7-14,17,25H,4-6,15-16H2,1-3H3,(H,24,26);(H,6,7). The zero-order valence-electron chi connectivity index (χ0n) is 20.4. The van der Waals surface area contributed by atoms with Gasteiger partial charge in [0.2, 0.25) is 5.91 Å². The molecule has 2 aromatic rings. The van der Waals surface area contributed by atoms with Gasteiger partial charge in [-0.2, -0.15) is 13.2 Å². The number of carbonyl (C=O) groups excluding carboxylic acids is 1. The van der Waals surface area contributed by atoms with Crippen molar-refractivity contribution >= 4 is 27.6 Å². The highest BCUT2D eigenvalue weighted by atomic mass is 32.2. The summed E-state index contributed by atoms with van der Waals surface area (Å²) in [5.41, 5.74) is 2.09. The van der Waals surface area contributed by atoms with Gasteiger partial charge in [0.15, 0.2) is 0 Å². The summed E-state index contributed by atoms with van der Waals surface area (Å²) < 4.78 is 59.7. The van der Waals surface area contributed by atoms with Crippen LogP contribution >= 0.6 is 0 Å². The Bertz CT molecular complexity index is 1140. The van der Waals surface area contributed by atoms with Gasteiger partial charge in [-0.3, -0.25) is 9.52 Å². The molecule has 3 rings (SSSR count). The van der Waals surface area contributed by atoms with E-state index in [1.165, 1.54) is 0 Å². The Balaban J connectivity index is 0.000000572. The van der Waals surface area contributed by atoms with Crippen molar-refractivity contribution in [3.63, 3.8) is 0 Å². The van der Waals surface area contributed by atoms with Crippen LogP contribution in [-0.2, 0) is 31.4 Å². The van der Waals surface area contributed by atoms with Crippen molar-refractivity contribution in [3.8, 4) is 0 Å². The predicted molar refractivity (Wildman–Crippen MR) is 130 cm³/mol. The molecule has 7 nitrogen and oxygen atoms in total. The van der Waals surface area contributed by atoms with Crippen molar-refractivity contribution in [1.29, 1.82) is 0 Å². The number of hydrogen-bond acceptors (Lipinski definition) is 4. The second-order valence-electron chi connectivity index (χ2n) is 8.74. The van der Waals surface area contributed by atoms with Crippen LogP contribution in [0.25, 0.3) is 0 Å². The molecular weight excluding hydrogens is 497 g/mol. The topological polar surface area (TPSA) is 113 Å². The van der Waals surface area contributed by atoms with E-state index >= 15 is 0 Å². The van der Waals surface area contributed by atoms with Gasteiger partial charge in [0.25, 0.3) is 10.0 Å². The van der Waals surface area contributed by atoms with Crippen LogP contribution in [0.15, 0.2) is 53.4 Å². The molecule has 36 heavy (non-hydrogen) atoms. The molecule has 0 bridgehead atoms. The highest BCUT2D eigenvalue weighted by Gasteiger charge is 2.51. The molecule has 0 radical (unpaired) electrons. The lowest BCUT2D eigenvalue weighted by molar-refractivity contribution is -0.192. The molecule has 1 aliphatic carbocycles. The number of halogens is 3. The number of rotatable bonds is 9. The number of sulfonamides is 1. The lowest BCUT2D eigenvalue weighted by Gasteiger charge is -2.19. The number of carboxylic acid groups (broad SMARTS) is 1. The van der Waals surface area contributed by atoms with Crippen LogP contribution in [0.1, 0.15) is 57.6 Å². The third-order valence-corrected chi connectivity index (χ3v) is 7.28. The van der Waals surface area contributed by atoms with E-state index in [-0.39, 0.29) is 16.8 Å². The fourth-order valence-corrected chi connectivity index (χ4v) is 4.49. The number of aliphatic carboxylic acids is 1. The van der Waals surface area contributed by atoms with E-state index in [0.29, 0.717) is 5.69 Å². The highest BCUT2D eigenvalue weighted by Crippen LogP contribution is 2.48. The van der Waals surface area contributed by atoms with E-state index in [1.54, 1.807) is 24.3 Å². The van der Waals surface area contributed by atoms with Gasteiger partial charge >= 0.3 is 12.1 Å². The molecule has 2 aromatic carbocycles. The van der Waals surface area contributed by atoms with Crippen LogP contribution in [0.3, 0.4) is 0 Å². The molecule has 1 unspecified atom stereocenters. The number of carboxylic acids is 1. The van der Waals surface area contributed by atoms with Crippen LogP contribution in [-0.4, -0.2) is 37.6 Å². The van der Waals surface area contributed by atoms with Crippen LogP contribution in [0.5, 0.6) is 0 Å². The molecule has 1 fully saturated rings. The van der Waals surface area contributed by atoms with Crippen molar-refractivity contribution in [2.75, 3.05) is 4.72 Å². The quantitative estimate of drug-likeness (QED) is 0.423. The Hall–Kier alpha value is -3.08. The summed E-state index contributed by atoms with van der Waals surface area (Å²) in [7, 11) is -3.64. The average molecular weight is 529 g/mol. The van der Waals surface area contributed by atoms with Crippen molar-refractivity contribution in [3.05, 3.63) is 59.7 Å². The second-order valence-corrected chi connectivity index (χ2v) is 10.4. The smallest absolute Gasteiger partial charge is 0.475 e. The minimum Gasteiger partial charge on any atom is -0.475 e. The fourth-order valence-electron chi connectivity index (χ4n) is 3.43. The molecule has 1 amide bonds. The van der Waals surface area contributed by atoms with Crippen LogP contribution < -0.4 is 10.0 Å². The molecule has 1 atom stereocenters. The number of hydrogen-bond donors (Lipinski definition) is 3. The van der Waals surface area contributed by atoms with E-state index in [9.17, 15) is 26.4 Å². The van der Waals surface area contributed by atoms with Gasteiger partial charge < -0.3 is 10.4 Å². The van der Waals surface area contributed by atoms with E-state index in [0.717, 1.165) is 43.2 Å². The Morgan fingerprint density at radius 3 is 1.97 bits per heavy atom. The first-order chi connectivity index (χ1) is 16.7. The van der Waals surface area contributed by atoms with E-state index < -0.39 is 27.6 Å². The predicted octanol–water partition coefficient (Wildman–Crippen LogP) is 5.02. The van der Waals surface area contributed by atoms with Gasteiger partial charge in [0.1, 0.15) is 0 Å². The van der Waals surface area contributed by atoms with Gasteiger partial charge in [0, 0.05) is 11.7 Å². The number of carbonyl (C=O) groups is 2. The maximum Gasteiger partial charge on any atom is 0.490 e. The molecule has 198 valence electrons. The zero-order valence-corrected chi connectivity index (χ0v) is 21.2. The minimum absolute atomic E-state index is 0.0624. The lowest BCUT2D eigenvalue weighted by atomic mass is 9.94. The summed E-state index contributed by atoms with van der Waals surface area (Å²) in [5, 5.41) is 10.2. The van der Waals surface area contributed by atoms with E-state index in [2.05, 4.69) is 17.0 Å². The number of anilines is 1. The molecule has 3 N–H and O–H groups in total. The molecule has 0 saturated heterocycles. The molecule has 1 saturated carbocycles. The Kier molecular flexibility index (Phi) is 9.53. The number of benzene rings is 2. The first kappa shape index (κ1) is 29.2. The van der Waals surface area contributed by atoms with E-state index in [4.69, 9.17) is 9.90 Å². The molecule has 0 spiro atoms. The monoisotopic (exact) mass is 528 g/mol. The molecule has 0 heterocycles. The first-order valence-corrected chi connectivity index (χ1v) is 13.1. The summed E-state index contributed by atoms with van der Waals surface area (Å²) in [4.78, 5) is 21.8. The number of aryl methyl sites for hydroxylation is 1. The SMILES string of the molecule is CCCc1ccc(S(=O)(=O)Nc2ccc(C3(C(=O)NC(C)CC)CC3)cc2)cc1.O=C(O)C(F)(F)F. The molecular formula is C25H31F3N2O5S. The molecule has 1 aliphatic rings. The third-order valence-electron chi connectivity index (χ3n) is 5.88. The van der Waals surface area contributed by atoms with Crippen LogP contribution in [0, 0.1) is 0 Å². The van der Waals surface area contributed by atoms with Crippen molar-refractivity contribution in [1.82, 2.24) is 5.32 Å². The molecule has 0 aliphatic heterocycles. The molecule has 0 aromatic heterocycles.